The SMILES string of the molecule is CC(C)CC(=O)NC(c1ccccc1Cl)c1nccn1C. The Morgan fingerprint density at radius 1 is 1.38 bits per heavy atom. The quantitative estimate of drug-likeness (QED) is 0.921. The molecule has 0 fully saturated rings. The number of hydrogen-bond donors (Lipinski definition) is 1. The zero-order chi connectivity index (χ0) is 15.4. The van der Waals surface area contributed by atoms with E-state index in [1.54, 1.807) is 6.20 Å². The van der Waals surface area contributed by atoms with E-state index in [0.717, 1.165) is 11.4 Å². The fourth-order valence-electron chi connectivity index (χ4n) is 2.24. The van der Waals surface area contributed by atoms with E-state index in [0.29, 0.717) is 17.4 Å². The fourth-order valence-corrected chi connectivity index (χ4v) is 2.48. The molecule has 0 saturated heterocycles. The summed E-state index contributed by atoms with van der Waals surface area (Å²) >= 11 is 6.29. The van der Waals surface area contributed by atoms with Gasteiger partial charge in [-0.25, -0.2) is 4.98 Å². The van der Waals surface area contributed by atoms with Crippen LogP contribution < -0.4 is 5.32 Å². The van der Waals surface area contributed by atoms with E-state index in [9.17, 15) is 4.79 Å². The molecule has 21 heavy (non-hydrogen) atoms. The van der Waals surface area contributed by atoms with Crippen LogP contribution in [-0.2, 0) is 11.8 Å². The van der Waals surface area contributed by atoms with Gasteiger partial charge in [-0.2, -0.15) is 0 Å². The Hall–Kier alpha value is -1.81. The highest BCUT2D eigenvalue weighted by molar-refractivity contribution is 6.31. The van der Waals surface area contributed by atoms with Crippen molar-refractivity contribution in [2.45, 2.75) is 26.3 Å². The van der Waals surface area contributed by atoms with Crippen molar-refractivity contribution in [3.8, 4) is 0 Å². The third kappa shape index (κ3) is 3.85. The Labute approximate surface area is 130 Å². The minimum Gasteiger partial charge on any atom is -0.342 e. The van der Waals surface area contributed by atoms with E-state index in [-0.39, 0.29) is 11.9 Å². The first-order valence-corrected chi connectivity index (χ1v) is 7.38. The molecule has 1 aromatic carbocycles. The zero-order valence-corrected chi connectivity index (χ0v) is 13.3. The molecule has 112 valence electrons. The fraction of sp³-hybridized carbons (Fsp3) is 0.375. The van der Waals surface area contributed by atoms with Crippen molar-refractivity contribution in [1.29, 1.82) is 0 Å². The molecule has 1 heterocycles. The third-order valence-electron chi connectivity index (χ3n) is 3.23. The summed E-state index contributed by atoms with van der Waals surface area (Å²) in [5.41, 5.74) is 0.852. The molecule has 0 aliphatic rings. The van der Waals surface area contributed by atoms with E-state index in [2.05, 4.69) is 10.3 Å². The number of carbonyl (C=O) groups excluding carboxylic acids is 1. The normalized spacial score (nSPS) is 12.4. The minimum atomic E-state index is -0.343. The smallest absolute Gasteiger partial charge is 0.221 e. The second-order valence-electron chi connectivity index (χ2n) is 5.52. The molecular formula is C16H20ClN3O. The van der Waals surface area contributed by atoms with Crippen LogP contribution in [0.3, 0.4) is 0 Å². The van der Waals surface area contributed by atoms with Gasteiger partial charge in [-0.3, -0.25) is 4.79 Å². The lowest BCUT2D eigenvalue weighted by Crippen LogP contribution is -2.31. The Morgan fingerprint density at radius 2 is 2.10 bits per heavy atom. The van der Waals surface area contributed by atoms with E-state index in [1.165, 1.54) is 0 Å². The van der Waals surface area contributed by atoms with Gasteiger partial charge >= 0.3 is 0 Å². The predicted octanol–water partition coefficient (Wildman–Crippen LogP) is 3.33. The van der Waals surface area contributed by atoms with E-state index in [1.807, 2.05) is 55.9 Å². The van der Waals surface area contributed by atoms with Crippen molar-refractivity contribution in [2.24, 2.45) is 13.0 Å². The maximum absolute atomic E-state index is 12.2. The summed E-state index contributed by atoms with van der Waals surface area (Å²) in [5.74, 6) is 1.07. The molecule has 5 heteroatoms. The number of hydrogen-bond acceptors (Lipinski definition) is 2. The molecule has 0 aliphatic heterocycles. The lowest BCUT2D eigenvalue weighted by molar-refractivity contribution is -0.122. The number of carbonyl (C=O) groups is 1. The van der Waals surface area contributed by atoms with Gasteiger partial charge in [0.05, 0.1) is 0 Å². The van der Waals surface area contributed by atoms with Gasteiger partial charge in [0.15, 0.2) is 0 Å². The number of halogens is 1. The molecule has 0 spiro atoms. The van der Waals surface area contributed by atoms with Crippen LogP contribution in [0, 0.1) is 5.92 Å². The maximum atomic E-state index is 12.2. The van der Waals surface area contributed by atoms with Crippen LogP contribution in [0.1, 0.15) is 37.7 Å². The maximum Gasteiger partial charge on any atom is 0.221 e. The average Bonchev–Trinajstić information content (AvgIpc) is 2.82. The molecule has 2 aromatic rings. The highest BCUT2D eigenvalue weighted by Gasteiger charge is 2.22. The Bertz CT molecular complexity index is 621. The summed E-state index contributed by atoms with van der Waals surface area (Å²) in [7, 11) is 1.90. The summed E-state index contributed by atoms with van der Waals surface area (Å²) in [6.45, 7) is 4.04. The number of aromatic nitrogens is 2. The van der Waals surface area contributed by atoms with Crippen LogP contribution in [0.25, 0.3) is 0 Å². The van der Waals surface area contributed by atoms with Gasteiger partial charge in [-0.1, -0.05) is 43.6 Å². The molecule has 0 aliphatic carbocycles. The van der Waals surface area contributed by atoms with Crippen molar-refractivity contribution in [2.75, 3.05) is 0 Å². The monoisotopic (exact) mass is 305 g/mol. The lowest BCUT2D eigenvalue weighted by Gasteiger charge is -2.20. The van der Waals surface area contributed by atoms with Gasteiger partial charge in [0, 0.05) is 36.4 Å². The molecule has 0 saturated carbocycles. The Balaban J connectivity index is 2.34. The average molecular weight is 306 g/mol. The molecule has 1 N–H and O–H groups in total. The van der Waals surface area contributed by atoms with Gasteiger partial charge in [-0.15, -0.1) is 0 Å². The number of nitrogens with one attached hydrogen (secondary N) is 1. The predicted molar refractivity (Wildman–Crippen MR) is 84.1 cm³/mol. The zero-order valence-electron chi connectivity index (χ0n) is 12.5. The number of aryl methyl sites for hydroxylation is 1. The Kier molecular flexibility index (Phi) is 5.02. The van der Waals surface area contributed by atoms with E-state index < -0.39 is 0 Å². The second kappa shape index (κ2) is 6.76. The van der Waals surface area contributed by atoms with Crippen LogP contribution in [0.15, 0.2) is 36.7 Å². The highest BCUT2D eigenvalue weighted by atomic mass is 35.5. The largest absolute Gasteiger partial charge is 0.342 e. The van der Waals surface area contributed by atoms with Crippen molar-refractivity contribution >= 4 is 17.5 Å². The molecular weight excluding hydrogens is 286 g/mol. The summed E-state index contributed by atoms with van der Waals surface area (Å²) in [4.78, 5) is 16.5. The first-order valence-electron chi connectivity index (χ1n) is 7.00. The summed E-state index contributed by atoms with van der Waals surface area (Å²) in [5, 5.41) is 3.66. The van der Waals surface area contributed by atoms with Crippen molar-refractivity contribution in [3.05, 3.63) is 53.1 Å². The van der Waals surface area contributed by atoms with Gasteiger partial charge in [0.2, 0.25) is 5.91 Å². The van der Waals surface area contributed by atoms with Crippen molar-refractivity contribution < 1.29 is 4.79 Å². The minimum absolute atomic E-state index is 0.00193. The summed E-state index contributed by atoms with van der Waals surface area (Å²) < 4.78 is 1.89. The Morgan fingerprint density at radius 3 is 2.67 bits per heavy atom. The number of imidazole rings is 1. The van der Waals surface area contributed by atoms with Gasteiger partial charge < -0.3 is 9.88 Å². The summed E-state index contributed by atoms with van der Waals surface area (Å²) in [6, 6.07) is 7.17. The number of rotatable bonds is 5. The number of amides is 1. The standard InChI is InChI=1S/C16H20ClN3O/c1-11(2)10-14(21)19-15(16-18-8-9-20(16)3)12-6-4-5-7-13(12)17/h4-9,11,15H,10H2,1-3H3,(H,19,21). The van der Waals surface area contributed by atoms with Gasteiger partial charge in [0.25, 0.3) is 0 Å². The van der Waals surface area contributed by atoms with E-state index in [4.69, 9.17) is 11.6 Å². The van der Waals surface area contributed by atoms with Crippen LogP contribution in [0.4, 0.5) is 0 Å². The molecule has 1 atom stereocenters. The van der Waals surface area contributed by atoms with E-state index >= 15 is 0 Å². The first-order chi connectivity index (χ1) is 9.99. The third-order valence-corrected chi connectivity index (χ3v) is 3.58. The molecule has 0 bridgehead atoms. The van der Waals surface area contributed by atoms with Gasteiger partial charge in [0.1, 0.15) is 11.9 Å². The van der Waals surface area contributed by atoms with Gasteiger partial charge in [-0.05, 0) is 12.0 Å². The van der Waals surface area contributed by atoms with Crippen molar-refractivity contribution in [3.63, 3.8) is 0 Å². The van der Waals surface area contributed by atoms with Crippen LogP contribution in [0.2, 0.25) is 5.02 Å². The molecule has 0 radical (unpaired) electrons. The van der Waals surface area contributed by atoms with Crippen molar-refractivity contribution in [1.82, 2.24) is 14.9 Å². The number of nitrogens with zero attached hydrogens (tertiary/aromatic N) is 2. The lowest BCUT2D eigenvalue weighted by atomic mass is 10.0. The second-order valence-corrected chi connectivity index (χ2v) is 5.92. The number of benzene rings is 1. The molecule has 1 amide bonds. The highest BCUT2D eigenvalue weighted by Crippen LogP contribution is 2.27. The molecule has 2 rings (SSSR count). The first kappa shape index (κ1) is 15.6. The molecule has 1 aromatic heterocycles. The van der Waals surface area contributed by atoms with Crippen LogP contribution >= 0.6 is 11.6 Å². The summed E-state index contributed by atoms with van der Waals surface area (Å²) in [6.07, 6.45) is 4.05. The molecule has 1 unspecified atom stereocenters. The molecule has 4 nitrogen and oxygen atoms in total. The topological polar surface area (TPSA) is 46.9 Å². The van der Waals surface area contributed by atoms with Crippen LogP contribution in [-0.4, -0.2) is 15.5 Å². The van der Waals surface area contributed by atoms with Crippen LogP contribution in [0.5, 0.6) is 0 Å².